The molecule has 3 nitrogen and oxygen atoms in total. The van der Waals surface area contributed by atoms with E-state index in [4.69, 9.17) is 7.85 Å². The summed E-state index contributed by atoms with van der Waals surface area (Å²) >= 11 is 0. The lowest BCUT2D eigenvalue weighted by molar-refractivity contribution is -0.104. The van der Waals surface area contributed by atoms with E-state index in [1.165, 1.54) is 6.07 Å². The molecule has 6 heteroatoms. The van der Waals surface area contributed by atoms with Crippen molar-refractivity contribution >= 4 is 25.2 Å². The molecule has 1 aromatic rings. The molecule has 0 aliphatic carbocycles. The van der Waals surface area contributed by atoms with Gasteiger partial charge in [0, 0.05) is 43.5 Å². The van der Waals surface area contributed by atoms with Gasteiger partial charge in [-0.15, -0.1) is 0 Å². The van der Waals surface area contributed by atoms with Crippen LogP contribution in [0.5, 0.6) is 0 Å². The third-order valence-corrected chi connectivity index (χ3v) is 3.35. The van der Waals surface area contributed by atoms with Crippen LogP contribution in [0.2, 0.25) is 0 Å². The molecular weight excluding hydrogens is 323 g/mol. The van der Waals surface area contributed by atoms with Crippen LogP contribution in [0.25, 0.3) is 5.57 Å². The summed E-state index contributed by atoms with van der Waals surface area (Å²) in [6, 6.07) is 2.34. The number of hydrogen-bond acceptors (Lipinski definition) is 3. The van der Waals surface area contributed by atoms with Crippen LogP contribution in [0.3, 0.4) is 0 Å². The predicted molar refractivity (Wildman–Crippen MR) is 97.2 cm³/mol. The first-order chi connectivity index (χ1) is 11.9. The number of allylic oxidation sites excluding steroid dienone is 4. The summed E-state index contributed by atoms with van der Waals surface area (Å²) in [6.45, 7) is 5.65. The summed E-state index contributed by atoms with van der Waals surface area (Å²) in [5, 5.41) is 0. The molecule has 0 aromatic heterocycles. The van der Waals surface area contributed by atoms with Gasteiger partial charge in [0.1, 0.15) is 14.1 Å². The third-order valence-electron chi connectivity index (χ3n) is 3.35. The van der Waals surface area contributed by atoms with Crippen LogP contribution in [-0.2, 0) is 9.53 Å². The maximum Gasteiger partial charge on any atom is 0.165 e. The summed E-state index contributed by atoms with van der Waals surface area (Å²) in [5.74, 6) is -1.91. The molecule has 0 atom stereocenters. The zero-order valence-corrected chi connectivity index (χ0v) is 14.6. The fourth-order valence-corrected chi connectivity index (χ4v) is 2.17. The van der Waals surface area contributed by atoms with E-state index >= 15 is 0 Å². The zero-order chi connectivity index (χ0) is 19.0. The Morgan fingerprint density at radius 1 is 1.36 bits per heavy atom. The van der Waals surface area contributed by atoms with Crippen molar-refractivity contribution in [2.24, 2.45) is 0 Å². The number of rotatable bonds is 4. The number of carbonyl (C=O) groups excluding carboxylic acids is 1. The van der Waals surface area contributed by atoms with E-state index < -0.39 is 11.6 Å². The maximum absolute atomic E-state index is 14.1. The van der Waals surface area contributed by atoms with Gasteiger partial charge in [0.2, 0.25) is 0 Å². The second-order valence-electron chi connectivity index (χ2n) is 5.22. The summed E-state index contributed by atoms with van der Waals surface area (Å²) in [4.78, 5) is 12.4. The molecule has 0 saturated heterocycles. The Morgan fingerprint density at radius 3 is 2.52 bits per heavy atom. The topological polar surface area (TPSA) is 29.5 Å². The van der Waals surface area contributed by atoms with E-state index in [0.29, 0.717) is 29.6 Å². The van der Waals surface area contributed by atoms with Gasteiger partial charge in [0.15, 0.2) is 11.6 Å². The highest BCUT2D eigenvalue weighted by Gasteiger charge is 2.15. The van der Waals surface area contributed by atoms with E-state index in [2.05, 4.69) is 11.3 Å². The van der Waals surface area contributed by atoms with Crippen LogP contribution < -0.4 is 5.46 Å². The molecule has 0 N–H and O–H groups in total. The van der Waals surface area contributed by atoms with E-state index in [0.717, 1.165) is 6.07 Å². The normalized spacial score (nSPS) is 14.0. The van der Waals surface area contributed by atoms with E-state index in [1.807, 2.05) is 6.92 Å². The highest BCUT2D eigenvalue weighted by atomic mass is 19.2. The van der Waals surface area contributed by atoms with Crippen molar-refractivity contribution in [2.45, 2.75) is 13.3 Å². The molecule has 1 aromatic carbocycles. The highest BCUT2D eigenvalue weighted by Crippen LogP contribution is 2.24. The summed E-state index contributed by atoms with van der Waals surface area (Å²) in [5.41, 5.74) is 1.79. The Labute approximate surface area is 148 Å². The number of halogens is 2. The molecule has 0 amide bonds. The Kier molecular flexibility index (Phi) is 8.02. The minimum Gasteiger partial charge on any atom is -0.388 e. The molecule has 1 heterocycles. The standard InChI is InChI=1S/C17H14BF2NO.C2H6O/c1-3-13(16-14(18)4-5-15(19)17(16)20)9-21-7-6-12(10-22)8-11(21)2;1-3-2/h4-10H,2-3H2,1H3;1-2H3/b13-9+;. The lowest BCUT2D eigenvalue weighted by Crippen LogP contribution is -2.16. The quantitative estimate of drug-likeness (QED) is 0.621. The van der Waals surface area contributed by atoms with Crippen molar-refractivity contribution in [2.75, 3.05) is 14.2 Å². The first-order valence-electron chi connectivity index (χ1n) is 7.56. The van der Waals surface area contributed by atoms with Crippen molar-refractivity contribution in [3.63, 3.8) is 0 Å². The van der Waals surface area contributed by atoms with Gasteiger partial charge in [0.05, 0.1) is 0 Å². The number of methoxy groups -OCH3 is 1. The Balaban J connectivity index is 0.000000970. The Morgan fingerprint density at radius 2 is 2.00 bits per heavy atom. The number of nitrogens with zero attached hydrogens (tertiary/aromatic N) is 1. The van der Waals surface area contributed by atoms with Gasteiger partial charge in [-0.3, -0.25) is 4.79 Å². The van der Waals surface area contributed by atoms with E-state index in [9.17, 15) is 13.6 Å². The number of hydrogen-bond donors (Lipinski definition) is 0. The molecule has 0 unspecified atom stereocenters. The van der Waals surface area contributed by atoms with Gasteiger partial charge >= 0.3 is 0 Å². The minimum absolute atomic E-state index is 0.0499. The monoisotopic (exact) mass is 343 g/mol. The molecule has 0 saturated carbocycles. The van der Waals surface area contributed by atoms with Gasteiger partial charge < -0.3 is 9.64 Å². The molecule has 2 radical (unpaired) electrons. The van der Waals surface area contributed by atoms with Gasteiger partial charge in [-0.05, 0) is 30.2 Å². The summed E-state index contributed by atoms with van der Waals surface area (Å²) in [6.07, 6.45) is 7.64. The maximum atomic E-state index is 14.1. The van der Waals surface area contributed by atoms with Crippen molar-refractivity contribution in [1.29, 1.82) is 0 Å². The number of aldehydes is 1. The van der Waals surface area contributed by atoms with Crippen LogP contribution in [0.4, 0.5) is 8.78 Å². The van der Waals surface area contributed by atoms with E-state index in [1.54, 1.807) is 43.7 Å². The summed E-state index contributed by atoms with van der Waals surface area (Å²) in [7, 11) is 9.04. The van der Waals surface area contributed by atoms with Crippen LogP contribution >= 0.6 is 0 Å². The molecule has 0 bridgehead atoms. The van der Waals surface area contributed by atoms with Crippen molar-refractivity contribution in [3.05, 3.63) is 71.7 Å². The average molecular weight is 343 g/mol. The molecule has 0 fully saturated rings. The molecule has 25 heavy (non-hydrogen) atoms. The van der Waals surface area contributed by atoms with Gasteiger partial charge in [-0.2, -0.15) is 0 Å². The number of benzene rings is 1. The molecule has 1 aliphatic heterocycles. The smallest absolute Gasteiger partial charge is 0.165 e. The molecule has 2 rings (SSSR count). The van der Waals surface area contributed by atoms with Gasteiger partial charge in [-0.25, -0.2) is 8.78 Å². The molecule has 1 aliphatic rings. The third kappa shape index (κ3) is 5.26. The van der Waals surface area contributed by atoms with Crippen LogP contribution in [0.1, 0.15) is 18.9 Å². The van der Waals surface area contributed by atoms with Crippen LogP contribution in [0.15, 0.2) is 54.5 Å². The second kappa shape index (κ2) is 9.74. The van der Waals surface area contributed by atoms with Crippen molar-refractivity contribution in [1.82, 2.24) is 4.90 Å². The van der Waals surface area contributed by atoms with Crippen LogP contribution in [0, 0.1) is 11.6 Å². The van der Waals surface area contributed by atoms with Crippen molar-refractivity contribution < 1.29 is 18.3 Å². The van der Waals surface area contributed by atoms with Crippen LogP contribution in [-0.4, -0.2) is 33.3 Å². The zero-order valence-electron chi connectivity index (χ0n) is 14.6. The number of ether oxygens (including phenoxy) is 1. The van der Waals surface area contributed by atoms with Crippen molar-refractivity contribution in [3.8, 4) is 0 Å². The number of carbonyl (C=O) groups is 1. The first kappa shape index (κ1) is 20.6. The largest absolute Gasteiger partial charge is 0.388 e. The fourth-order valence-electron chi connectivity index (χ4n) is 2.17. The SMILES string of the molecule is COC.[B]c1ccc(F)c(F)c1/C(=C/N1C=CC(C=O)=CC1=C)CC. The van der Waals surface area contributed by atoms with E-state index in [-0.39, 0.29) is 11.0 Å². The first-order valence-corrected chi connectivity index (χ1v) is 7.56. The van der Waals surface area contributed by atoms with Gasteiger partial charge in [-0.1, -0.05) is 25.0 Å². The Hall–Kier alpha value is -2.47. The molecule has 0 spiro atoms. The fraction of sp³-hybridized carbons (Fsp3) is 0.211. The average Bonchev–Trinajstić information content (AvgIpc) is 2.59. The predicted octanol–water partition coefficient (Wildman–Crippen LogP) is 3.24. The van der Waals surface area contributed by atoms with Gasteiger partial charge in [0.25, 0.3) is 0 Å². The molecule has 130 valence electrons. The lowest BCUT2D eigenvalue weighted by atomic mass is 9.86. The highest BCUT2D eigenvalue weighted by molar-refractivity contribution is 6.34. The lowest BCUT2D eigenvalue weighted by Gasteiger charge is -2.22. The minimum atomic E-state index is -0.969. The molecular formula is C19H20BF2NO2. The second-order valence-corrected chi connectivity index (χ2v) is 5.22. The Bertz CT molecular complexity index is 739. The summed E-state index contributed by atoms with van der Waals surface area (Å²) < 4.78 is 31.8.